The maximum absolute atomic E-state index is 13.2. The van der Waals surface area contributed by atoms with Gasteiger partial charge in [0.05, 0.1) is 5.69 Å². The average molecular weight is 185 g/mol. The lowest BCUT2D eigenvalue weighted by Crippen LogP contribution is -2.02. The average Bonchev–Trinajstić information content (AvgIpc) is 2.07. The van der Waals surface area contributed by atoms with Crippen LogP contribution in [0.5, 0.6) is 0 Å². The molecule has 72 valence electrons. The monoisotopic (exact) mass is 185 g/mol. The highest BCUT2D eigenvalue weighted by Crippen LogP contribution is 2.19. The third kappa shape index (κ3) is 2.02. The zero-order valence-corrected chi connectivity index (χ0v) is 8.06. The van der Waals surface area contributed by atoms with Gasteiger partial charge in [-0.3, -0.25) is 0 Å². The molecule has 0 aromatic carbocycles. The van der Waals surface area contributed by atoms with E-state index in [-0.39, 0.29) is 11.6 Å². The molecular weight excluding hydrogens is 172 g/mol. The lowest BCUT2D eigenvalue weighted by atomic mass is 10.0. The fourth-order valence-electron chi connectivity index (χ4n) is 1.17. The fraction of sp³-hybridized carbons (Fsp3) is 0.500. The largest absolute Gasteiger partial charge is 0.222 e. The van der Waals surface area contributed by atoms with Gasteiger partial charge >= 0.3 is 0 Å². The number of hydrogen-bond donors (Lipinski definition) is 0. The Balaban J connectivity index is 3.20. The van der Waals surface area contributed by atoms with Crippen LogP contribution < -0.4 is 0 Å². The molecule has 0 unspecified atom stereocenters. The van der Waals surface area contributed by atoms with Crippen LogP contribution in [-0.4, -0.2) is 4.98 Å². The van der Waals surface area contributed by atoms with Gasteiger partial charge in [-0.25, -0.2) is 9.37 Å². The maximum atomic E-state index is 13.2. The molecule has 1 aromatic rings. The second-order valence-electron chi connectivity index (χ2n) is 3.31. The molecule has 0 saturated heterocycles. The van der Waals surface area contributed by atoms with E-state index in [0.717, 1.165) is 0 Å². The first-order chi connectivity index (χ1) is 6.06. The number of hydrogen-bond acceptors (Lipinski definition) is 1. The Morgan fingerprint density at radius 2 is 2.00 bits per heavy atom. The van der Waals surface area contributed by atoms with E-state index in [1.807, 2.05) is 13.8 Å². The van der Waals surface area contributed by atoms with Crippen LogP contribution in [0.15, 0.2) is 6.07 Å². The van der Waals surface area contributed by atoms with Crippen molar-refractivity contribution < 1.29 is 8.78 Å². The molecule has 0 spiro atoms. The van der Waals surface area contributed by atoms with Gasteiger partial charge in [0.25, 0.3) is 0 Å². The van der Waals surface area contributed by atoms with Crippen molar-refractivity contribution in [1.29, 1.82) is 0 Å². The number of aryl methyl sites for hydroxylation is 1. The molecule has 3 heteroatoms. The number of rotatable bonds is 2. The molecule has 0 aliphatic heterocycles. The molecule has 0 aliphatic carbocycles. The zero-order valence-electron chi connectivity index (χ0n) is 8.06. The molecule has 1 heterocycles. The Hall–Kier alpha value is -0.990. The van der Waals surface area contributed by atoms with E-state index in [4.69, 9.17) is 0 Å². The molecule has 0 amide bonds. The third-order valence-corrected chi connectivity index (χ3v) is 1.99. The van der Waals surface area contributed by atoms with E-state index in [2.05, 4.69) is 4.98 Å². The molecule has 0 aliphatic rings. The summed E-state index contributed by atoms with van der Waals surface area (Å²) in [6.45, 7) is 5.37. The second kappa shape index (κ2) is 3.81. The Labute approximate surface area is 76.8 Å². The van der Waals surface area contributed by atoms with Crippen LogP contribution in [0.4, 0.5) is 8.78 Å². The summed E-state index contributed by atoms with van der Waals surface area (Å²) >= 11 is 0. The van der Waals surface area contributed by atoms with E-state index in [9.17, 15) is 8.78 Å². The minimum Gasteiger partial charge on any atom is -0.222 e. The van der Waals surface area contributed by atoms with Crippen molar-refractivity contribution in [2.45, 2.75) is 33.1 Å². The summed E-state index contributed by atoms with van der Waals surface area (Å²) < 4.78 is 26.4. The third-order valence-electron chi connectivity index (χ3n) is 1.99. The summed E-state index contributed by atoms with van der Waals surface area (Å²) in [6, 6.07) is 1.24. The van der Waals surface area contributed by atoms with Crippen molar-refractivity contribution in [2.75, 3.05) is 0 Å². The van der Waals surface area contributed by atoms with Crippen LogP contribution >= 0.6 is 0 Å². The summed E-state index contributed by atoms with van der Waals surface area (Å²) in [5, 5.41) is 0. The summed E-state index contributed by atoms with van der Waals surface area (Å²) in [6.07, 6.45) is 0.418. The van der Waals surface area contributed by atoms with Crippen molar-refractivity contribution >= 4 is 0 Å². The van der Waals surface area contributed by atoms with E-state index in [1.165, 1.54) is 6.07 Å². The lowest BCUT2D eigenvalue weighted by molar-refractivity contribution is 0.522. The van der Waals surface area contributed by atoms with Crippen LogP contribution in [-0.2, 0) is 6.42 Å². The van der Waals surface area contributed by atoms with Crippen LogP contribution in [0.3, 0.4) is 0 Å². The summed E-state index contributed by atoms with van der Waals surface area (Å²) in [7, 11) is 0. The first kappa shape index (κ1) is 10.1. The number of pyridine rings is 1. The van der Waals surface area contributed by atoms with Gasteiger partial charge in [-0.2, -0.15) is 4.39 Å². The van der Waals surface area contributed by atoms with Crippen molar-refractivity contribution in [3.05, 3.63) is 29.1 Å². The Morgan fingerprint density at radius 3 is 2.46 bits per heavy atom. The van der Waals surface area contributed by atoms with Gasteiger partial charge in [0.1, 0.15) is 5.82 Å². The molecule has 0 bridgehead atoms. The van der Waals surface area contributed by atoms with Crippen LogP contribution in [0.1, 0.15) is 37.9 Å². The molecular formula is C10H13F2N. The molecule has 1 nitrogen and oxygen atoms in total. The van der Waals surface area contributed by atoms with Crippen molar-refractivity contribution in [3.8, 4) is 0 Å². The highest BCUT2D eigenvalue weighted by molar-refractivity contribution is 5.20. The van der Waals surface area contributed by atoms with Gasteiger partial charge in [0.15, 0.2) is 0 Å². The van der Waals surface area contributed by atoms with Gasteiger partial charge in [-0.05, 0) is 18.4 Å². The van der Waals surface area contributed by atoms with Crippen LogP contribution in [0, 0.1) is 11.8 Å². The maximum Gasteiger partial charge on any atom is 0.216 e. The van der Waals surface area contributed by atoms with Gasteiger partial charge in [-0.1, -0.05) is 20.8 Å². The van der Waals surface area contributed by atoms with Crippen LogP contribution in [0.25, 0.3) is 0 Å². The molecule has 0 radical (unpaired) electrons. The van der Waals surface area contributed by atoms with E-state index in [0.29, 0.717) is 12.0 Å². The topological polar surface area (TPSA) is 12.9 Å². The van der Waals surface area contributed by atoms with Gasteiger partial charge in [-0.15, -0.1) is 0 Å². The molecule has 0 saturated carbocycles. The SMILES string of the molecule is CCc1nc(F)c(C(C)C)cc1F. The fourth-order valence-corrected chi connectivity index (χ4v) is 1.17. The number of aromatic nitrogens is 1. The molecule has 0 fully saturated rings. The number of nitrogens with zero attached hydrogens (tertiary/aromatic N) is 1. The van der Waals surface area contributed by atoms with Crippen molar-refractivity contribution in [2.24, 2.45) is 0 Å². The van der Waals surface area contributed by atoms with Gasteiger partial charge in [0.2, 0.25) is 5.95 Å². The number of halogens is 2. The zero-order chi connectivity index (χ0) is 10.0. The standard InChI is InChI=1S/C10H13F2N/c1-4-9-8(11)5-7(6(2)3)10(12)13-9/h5-6H,4H2,1-3H3. The lowest BCUT2D eigenvalue weighted by Gasteiger charge is -2.08. The van der Waals surface area contributed by atoms with Crippen molar-refractivity contribution in [3.63, 3.8) is 0 Å². The minimum atomic E-state index is -0.548. The minimum absolute atomic E-state index is 0.0343. The smallest absolute Gasteiger partial charge is 0.216 e. The summed E-state index contributed by atoms with van der Waals surface area (Å²) in [4.78, 5) is 3.57. The summed E-state index contributed by atoms with van der Waals surface area (Å²) in [5.41, 5.74) is 0.539. The highest BCUT2D eigenvalue weighted by Gasteiger charge is 2.12. The molecule has 13 heavy (non-hydrogen) atoms. The van der Waals surface area contributed by atoms with Crippen molar-refractivity contribution in [1.82, 2.24) is 4.98 Å². The predicted molar refractivity (Wildman–Crippen MR) is 47.6 cm³/mol. The van der Waals surface area contributed by atoms with E-state index >= 15 is 0 Å². The quantitative estimate of drug-likeness (QED) is 0.645. The normalized spacial score (nSPS) is 10.9. The first-order valence-corrected chi connectivity index (χ1v) is 4.41. The molecule has 1 aromatic heterocycles. The molecule has 0 atom stereocenters. The molecule has 0 N–H and O–H groups in total. The Morgan fingerprint density at radius 1 is 1.38 bits per heavy atom. The first-order valence-electron chi connectivity index (χ1n) is 4.41. The summed E-state index contributed by atoms with van der Waals surface area (Å²) in [5.74, 6) is -0.992. The predicted octanol–water partition coefficient (Wildman–Crippen LogP) is 3.05. The molecule has 1 rings (SSSR count). The second-order valence-corrected chi connectivity index (χ2v) is 3.31. The Bertz CT molecular complexity index is 308. The highest BCUT2D eigenvalue weighted by atomic mass is 19.1. The Kier molecular flexibility index (Phi) is 2.96. The van der Waals surface area contributed by atoms with E-state index < -0.39 is 11.8 Å². The van der Waals surface area contributed by atoms with Crippen LogP contribution in [0.2, 0.25) is 0 Å². The van der Waals surface area contributed by atoms with Gasteiger partial charge < -0.3 is 0 Å². The van der Waals surface area contributed by atoms with E-state index in [1.54, 1.807) is 6.92 Å². The van der Waals surface area contributed by atoms with Gasteiger partial charge in [0, 0.05) is 5.56 Å².